The molecule has 0 aliphatic heterocycles. The molecular formula is C27H28FN5O3. The van der Waals surface area contributed by atoms with Crippen LogP contribution in [0.5, 0.6) is 0 Å². The van der Waals surface area contributed by atoms with Gasteiger partial charge >= 0.3 is 0 Å². The van der Waals surface area contributed by atoms with Crippen LogP contribution in [0.1, 0.15) is 22.7 Å². The highest BCUT2D eigenvalue weighted by Crippen LogP contribution is 2.25. The Morgan fingerprint density at radius 1 is 1.06 bits per heavy atom. The van der Waals surface area contributed by atoms with Gasteiger partial charge in [0.25, 0.3) is 0 Å². The second kappa shape index (κ2) is 11.5. The van der Waals surface area contributed by atoms with Crippen LogP contribution in [-0.4, -0.2) is 52.0 Å². The maximum atomic E-state index is 13.8. The number of carbonyl (C=O) groups excluding carboxylic acids is 2. The molecule has 0 bridgehead atoms. The highest BCUT2D eigenvalue weighted by atomic mass is 19.1. The van der Waals surface area contributed by atoms with E-state index in [1.165, 1.54) is 21.7 Å². The molecule has 1 N–H and O–H groups in total. The Kier molecular flexibility index (Phi) is 8.02. The molecule has 4 rings (SSSR count). The maximum absolute atomic E-state index is 13.8. The molecule has 3 aromatic carbocycles. The Bertz CT molecular complexity index is 1320. The number of halogens is 1. The zero-order chi connectivity index (χ0) is 25.5. The topological polar surface area (TPSA) is 89.4 Å². The molecule has 2 amide bonds. The summed E-state index contributed by atoms with van der Waals surface area (Å²) in [6.07, 6.45) is 0. The van der Waals surface area contributed by atoms with Crippen molar-refractivity contribution in [2.24, 2.45) is 0 Å². The molecule has 1 atom stereocenters. The predicted octanol–water partition coefficient (Wildman–Crippen LogP) is 3.41. The van der Waals surface area contributed by atoms with Gasteiger partial charge in [0.2, 0.25) is 11.8 Å². The summed E-state index contributed by atoms with van der Waals surface area (Å²) in [5.41, 5.74) is 3.76. The molecule has 0 radical (unpaired) electrons. The number of amides is 2. The molecule has 186 valence electrons. The second-order valence-electron chi connectivity index (χ2n) is 8.48. The highest BCUT2D eigenvalue weighted by molar-refractivity contribution is 5.89. The summed E-state index contributed by atoms with van der Waals surface area (Å²) < 4.78 is 20.2. The van der Waals surface area contributed by atoms with Gasteiger partial charge in [0.15, 0.2) is 0 Å². The largest absolute Gasteiger partial charge is 0.383 e. The molecule has 0 saturated carbocycles. The van der Waals surface area contributed by atoms with E-state index in [4.69, 9.17) is 4.74 Å². The SMILES string of the molecule is COCCNC(=O)[C@@H](c1ccc(C)cc1)N(Cc1ccc(F)cc1)C(=O)Cn1nnc2ccccc21. The fourth-order valence-corrected chi connectivity index (χ4v) is 3.96. The predicted molar refractivity (Wildman–Crippen MR) is 133 cm³/mol. The molecular weight excluding hydrogens is 461 g/mol. The highest BCUT2D eigenvalue weighted by Gasteiger charge is 2.32. The van der Waals surface area contributed by atoms with Gasteiger partial charge in [0.05, 0.1) is 12.1 Å². The van der Waals surface area contributed by atoms with Gasteiger partial charge in [-0.05, 0) is 42.3 Å². The number of hydrogen-bond donors (Lipinski definition) is 1. The summed E-state index contributed by atoms with van der Waals surface area (Å²) >= 11 is 0. The number of aryl methyl sites for hydroxylation is 1. The second-order valence-corrected chi connectivity index (χ2v) is 8.48. The fraction of sp³-hybridized carbons (Fsp3) is 0.259. The van der Waals surface area contributed by atoms with Crippen molar-refractivity contribution < 1.29 is 18.7 Å². The molecule has 1 heterocycles. The quantitative estimate of drug-likeness (QED) is 0.345. The molecule has 4 aromatic rings. The standard InChI is InChI=1S/C27H28FN5O3/c1-19-7-11-21(12-8-19)26(27(35)29-15-16-36-2)32(17-20-9-13-22(28)14-10-20)25(34)18-33-24-6-4-3-5-23(24)30-31-33/h3-14,26H,15-18H2,1-2H3,(H,29,35)/t26-/m1/s1. The number of nitrogens with one attached hydrogen (secondary N) is 1. The van der Waals surface area contributed by atoms with Gasteiger partial charge in [-0.3, -0.25) is 9.59 Å². The molecule has 0 unspecified atom stereocenters. The van der Waals surface area contributed by atoms with Crippen LogP contribution in [0.15, 0.2) is 72.8 Å². The number of methoxy groups -OCH3 is 1. The minimum Gasteiger partial charge on any atom is -0.383 e. The van der Waals surface area contributed by atoms with E-state index in [-0.39, 0.29) is 30.7 Å². The first-order valence-electron chi connectivity index (χ1n) is 11.6. The number of aromatic nitrogens is 3. The zero-order valence-electron chi connectivity index (χ0n) is 20.2. The Hall–Kier alpha value is -4.11. The Morgan fingerprint density at radius 3 is 2.50 bits per heavy atom. The zero-order valence-corrected chi connectivity index (χ0v) is 20.2. The number of rotatable bonds is 10. The first kappa shape index (κ1) is 25.0. The van der Waals surface area contributed by atoms with Crippen LogP contribution in [0.2, 0.25) is 0 Å². The number of benzene rings is 3. The van der Waals surface area contributed by atoms with Crippen molar-refractivity contribution in [1.82, 2.24) is 25.2 Å². The molecule has 8 nitrogen and oxygen atoms in total. The van der Waals surface area contributed by atoms with Crippen LogP contribution < -0.4 is 5.32 Å². The fourth-order valence-electron chi connectivity index (χ4n) is 3.96. The van der Waals surface area contributed by atoms with E-state index in [0.29, 0.717) is 35.3 Å². The Labute approximate surface area is 208 Å². The molecule has 0 fully saturated rings. The lowest BCUT2D eigenvalue weighted by molar-refractivity contribution is -0.142. The summed E-state index contributed by atoms with van der Waals surface area (Å²) in [5, 5.41) is 11.1. The molecule has 1 aromatic heterocycles. The summed E-state index contributed by atoms with van der Waals surface area (Å²) in [4.78, 5) is 28.7. The number of fused-ring (bicyclic) bond motifs is 1. The van der Waals surface area contributed by atoms with Gasteiger partial charge in [-0.2, -0.15) is 0 Å². The van der Waals surface area contributed by atoms with Crippen molar-refractivity contribution in [2.45, 2.75) is 26.1 Å². The lowest BCUT2D eigenvalue weighted by Gasteiger charge is -2.31. The number of carbonyl (C=O) groups is 2. The van der Waals surface area contributed by atoms with Gasteiger partial charge in [-0.25, -0.2) is 9.07 Å². The van der Waals surface area contributed by atoms with Crippen LogP contribution >= 0.6 is 0 Å². The van der Waals surface area contributed by atoms with Crippen LogP contribution in [0, 0.1) is 12.7 Å². The first-order chi connectivity index (χ1) is 17.5. The van der Waals surface area contributed by atoms with E-state index in [1.807, 2.05) is 55.5 Å². The summed E-state index contributed by atoms with van der Waals surface area (Å²) in [5.74, 6) is -1.05. The van der Waals surface area contributed by atoms with Crippen molar-refractivity contribution in [1.29, 1.82) is 0 Å². The number of ether oxygens (including phenoxy) is 1. The van der Waals surface area contributed by atoms with Crippen molar-refractivity contribution in [3.63, 3.8) is 0 Å². The van der Waals surface area contributed by atoms with Crippen molar-refractivity contribution >= 4 is 22.8 Å². The van der Waals surface area contributed by atoms with Gasteiger partial charge < -0.3 is 15.0 Å². The number of hydrogen-bond acceptors (Lipinski definition) is 5. The average molecular weight is 490 g/mol. The van der Waals surface area contributed by atoms with E-state index >= 15 is 0 Å². The summed E-state index contributed by atoms with van der Waals surface area (Å²) in [7, 11) is 1.55. The molecule has 0 spiro atoms. The summed E-state index contributed by atoms with van der Waals surface area (Å²) in [6.45, 7) is 2.57. The van der Waals surface area contributed by atoms with Crippen LogP contribution in [0.25, 0.3) is 11.0 Å². The van der Waals surface area contributed by atoms with Gasteiger partial charge in [-0.15, -0.1) is 5.10 Å². The van der Waals surface area contributed by atoms with Crippen LogP contribution in [-0.2, 0) is 27.4 Å². The smallest absolute Gasteiger partial charge is 0.247 e. The summed E-state index contributed by atoms with van der Waals surface area (Å²) in [6, 6.07) is 19.8. The van der Waals surface area contributed by atoms with Crippen LogP contribution in [0.4, 0.5) is 4.39 Å². The van der Waals surface area contributed by atoms with Crippen molar-refractivity contribution in [2.75, 3.05) is 20.3 Å². The molecule has 9 heteroatoms. The third-order valence-electron chi connectivity index (χ3n) is 5.85. The number of nitrogens with zero attached hydrogens (tertiary/aromatic N) is 4. The van der Waals surface area contributed by atoms with E-state index in [0.717, 1.165) is 5.56 Å². The van der Waals surface area contributed by atoms with Gasteiger partial charge in [-0.1, -0.05) is 59.3 Å². The lowest BCUT2D eigenvalue weighted by Crippen LogP contribution is -2.45. The Morgan fingerprint density at radius 2 is 1.78 bits per heavy atom. The molecule has 36 heavy (non-hydrogen) atoms. The normalized spacial score (nSPS) is 11.9. The molecule has 0 aliphatic rings. The van der Waals surface area contributed by atoms with Crippen LogP contribution in [0.3, 0.4) is 0 Å². The molecule has 0 aliphatic carbocycles. The van der Waals surface area contributed by atoms with Gasteiger partial charge in [0.1, 0.15) is 23.9 Å². The lowest BCUT2D eigenvalue weighted by atomic mass is 10.0. The van der Waals surface area contributed by atoms with Crippen molar-refractivity contribution in [3.8, 4) is 0 Å². The molecule has 0 saturated heterocycles. The van der Waals surface area contributed by atoms with E-state index < -0.39 is 6.04 Å². The van der Waals surface area contributed by atoms with E-state index in [1.54, 1.807) is 19.2 Å². The van der Waals surface area contributed by atoms with E-state index in [2.05, 4.69) is 15.6 Å². The minimum atomic E-state index is -0.921. The minimum absolute atomic E-state index is 0.0992. The third kappa shape index (κ3) is 5.92. The third-order valence-corrected chi connectivity index (χ3v) is 5.85. The maximum Gasteiger partial charge on any atom is 0.247 e. The average Bonchev–Trinajstić information content (AvgIpc) is 3.29. The van der Waals surface area contributed by atoms with E-state index in [9.17, 15) is 14.0 Å². The van der Waals surface area contributed by atoms with Gasteiger partial charge in [0, 0.05) is 20.2 Å². The first-order valence-corrected chi connectivity index (χ1v) is 11.6. The van der Waals surface area contributed by atoms with Crippen molar-refractivity contribution in [3.05, 3.63) is 95.3 Å². The number of para-hydroxylation sites is 1. The Balaban J connectivity index is 1.72. The monoisotopic (exact) mass is 489 g/mol.